The van der Waals surface area contributed by atoms with Crippen LogP contribution in [-0.4, -0.2) is 66.2 Å². The fourth-order valence-corrected chi connectivity index (χ4v) is 7.97. The minimum atomic E-state index is 0.0305. The van der Waals surface area contributed by atoms with Crippen LogP contribution in [0.25, 0.3) is 0 Å². The molecular weight excluding hydrogens is 450 g/mol. The first-order valence-electron chi connectivity index (χ1n) is 13.7. The molecule has 1 heterocycles. The number of hydrogen-bond donors (Lipinski definition) is 1. The number of methoxy groups -OCH3 is 1. The van der Waals surface area contributed by atoms with E-state index in [0.717, 1.165) is 60.9 Å². The van der Waals surface area contributed by atoms with E-state index in [2.05, 4.69) is 26.8 Å². The first-order valence-corrected chi connectivity index (χ1v) is 13.7. The molecule has 0 spiro atoms. The van der Waals surface area contributed by atoms with Crippen LogP contribution in [0.15, 0.2) is 48.5 Å². The molecule has 0 aromatic heterocycles. The SMILES string of the molecule is COc1cccc(CN(C(=O)CN2CCN(c3ccc(O)cc3)CC2)C23CC4CC(CC(C4)C2)C3)c1. The van der Waals surface area contributed by atoms with E-state index in [1.165, 1.54) is 38.5 Å². The van der Waals surface area contributed by atoms with E-state index in [1.807, 2.05) is 24.3 Å². The van der Waals surface area contributed by atoms with Crippen molar-refractivity contribution in [3.8, 4) is 11.5 Å². The Morgan fingerprint density at radius 3 is 2.22 bits per heavy atom. The van der Waals surface area contributed by atoms with Crippen molar-refractivity contribution < 1.29 is 14.6 Å². The van der Waals surface area contributed by atoms with Crippen LogP contribution in [0.3, 0.4) is 0 Å². The van der Waals surface area contributed by atoms with Gasteiger partial charge in [-0.1, -0.05) is 12.1 Å². The van der Waals surface area contributed by atoms with Crippen molar-refractivity contribution in [2.24, 2.45) is 17.8 Å². The molecule has 5 fully saturated rings. The van der Waals surface area contributed by atoms with Crippen LogP contribution in [0, 0.1) is 17.8 Å². The summed E-state index contributed by atoms with van der Waals surface area (Å²) >= 11 is 0. The fraction of sp³-hybridized carbons (Fsp3) is 0.567. The van der Waals surface area contributed by atoms with Crippen molar-refractivity contribution in [2.45, 2.75) is 50.6 Å². The van der Waals surface area contributed by atoms with Crippen LogP contribution in [0.4, 0.5) is 5.69 Å². The van der Waals surface area contributed by atoms with Gasteiger partial charge in [-0.2, -0.15) is 0 Å². The molecule has 192 valence electrons. The number of phenolic OH excluding ortho intramolecular Hbond substituents is 1. The number of hydrogen-bond acceptors (Lipinski definition) is 5. The number of carbonyl (C=O) groups excluding carboxylic acids is 1. The molecule has 2 aromatic rings. The summed E-state index contributed by atoms with van der Waals surface area (Å²) in [6.07, 6.45) is 7.68. The zero-order valence-corrected chi connectivity index (χ0v) is 21.4. The van der Waals surface area contributed by atoms with Gasteiger partial charge in [0.05, 0.1) is 13.7 Å². The first kappa shape index (κ1) is 23.7. The highest BCUT2D eigenvalue weighted by Gasteiger charge is 2.54. The van der Waals surface area contributed by atoms with E-state index in [-0.39, 0.29) is 11.4 Å². The molecule has 4 saturated carbocycles. The highest BCUT2D eigenvalue weighted by molar-refractivity contribution is 5.79. The molecule has 4 bridgehead atoms. The number of nitrogens with zero attached hydrogens (tertiary/aromatic N) is 3. The molecule has 0 radical (unpaired) electrons. The van der Waals surface area contributed by atoms with E-state index < -0.39 is 0 Å². The number of anilines is 1. The maximum absolute atomic E-state index is 14.1. The Labute approximate surface area is 214 Å². The predicted molar refractivity (Wildman–Crippen MR) is 141 cm³/mol. The quantitative estimate of drug-likeness (QED) is 0.620. The number of phenols is 1. The lowest BCUT2D eigenvalue weighted by molar-refractivity contribution is -0.153. The van der Waals surface area contributed by atoms with Gasteiger partial charge in [-0.05, 0) is 98.2 Å². The van der Waals surface area contributed by atoms with Crippen LogP contribution in [0.1, 0.15) is 44.1 Å². The predicted octanol–water partition coefficient (Wildman–Crippen LogP) is 4.52. The third kappa shape index (κ3) is 4.68. The van der Waals surface area contributed by atoms with Crippen molar-refractivity contribution >= 4 is 11.6 Å². The van der Waals surface area contributed by atoms with Gasteiger partial charge in [0, 0.05) is 44.0 Å². The minimum Gasteiger partial charge on any atom is -0.508 e. The largest absolute Gasteiger partial charge is 0.508 e. The Morgan fingerprint density at radius 2 is 1.61 bits per heavy atom. The first-order chi connectivity index (χ1) is 17.5. The third-order valence-corrected chi connectivity index (χ3v) is 9.30. The highest BCUT2D eigenvalue weighted by atomic mass is 16.5. The van der Waals surface area contributed by atoms with Gasteiger partial charge in [0.15, 0.2) is 0 Å². The van der Waals surface area contributed by atoms with Gasteiger partial charge >= 0.3 is 0 Å². The number of rotatable bonds is 7. The Hall–Kier alpha value is -2.73. The van der Waals surface area contributed by atoms with E-state index in [1.54, 1.807) is 19.2 Å². The van der Waals surface area contributed by atoms with Gasteiger partial charge in [-0.3, -0.25) is 9.69 Å². The van der Waals surface area contributed by atoms with Crippen LogP contribution in [-0.2, 0) is 11.3 Å². The van der Waals surface area contributed by atoms with E-state index in [4.69, 9.17) is 4.74 Å². The summed E-state index contributed by atoms with van der Waals surface area (Å²) in [7, 11) is 1.71. The number of amides is 1. The monoisotopic (exact) mass is 489 g/mol. The van der Waals surface area contributed by atoms with Gasteiger partial charge in [0.25, 0.3) is 0 Å². The molecule has 0 unspecified atom stereocenters. The molecule has 1 aliphatic heterocycles. The maximum Gasteiger partial charge on any atom is 0.237 e. The molecule has 6 heteroatoms. The average molecular weight is 490 g/mol. The zero-order valence-electron chi connectivity index (χ0n) is 21.4. The van der Waals surface area contributed by atoms with Crippen LogP contribution < -0.4 is 9.64 Å². The number of aromatic hydroxyl groups is 1. The van der Waals surface area contributed by atoms with E-state index >= 15 is 0 Å². The van der Waals surface area contributed by atoms with Crippen molar-refractivity contribution in [2.75, 3.05) is 44.7 Å². The second kappa shape index (κ2) is 9.62. The lowest BCUT2D eigenvalue weighted by atomic mass is 9.52. The number of carbonyl (C=O) groups is 1. The average Bonchev–Trinajstić information content (AvgIpc) is 2.87. The molecule has 4 aliphatic carbocycles. The molecular formula is C30H39N3O3. The molecule has 7 rings (SSSR count). The van der Waals surface area contributed by atoms with Crippen LogP contribution >= 0.6 is 0 Å². The maximum atomic E-state index is 14.1. The topological polar surface area (TPSA) is 56.2 Å². The van der Waals surface area contributed by atoms with E-state index in [0.29, 0.717) is 18.8 Å². The van der Waals surface area contributed by atoms with Crippen molar-refractivity contribution in [1.82, 2.24) is 9.80 Å². The summed E-state index contributed by atoms with van der Waals surface area (Å²) in [6, 6.07) is 15.7. The minimum absolute atomic E-state index is 0.0305. The lowest BCUT2D eigenvalue weighted by Gasteiger charge is -2.60. The molecule has 6 nitrogen and oxygen atoms in total. The molecule has 5 aliphatic rings. The Morgan fingerprint density at radius 1 is 0.972 bits per heavy atom. The van der Waals surface area contributed by atoms with Crippen molar-refractivity contribution in [1.29, 1.82) is 0 Å². The molecule has 0 atom stereocenters. The summed E-state index contributed by atoms with van der Waals surface area (Å²) in [6.45, 7) is 4.71. The van der Waals surface area contributed by atoms with Crippen LogP contribution in [0.2, 0.25) is 0 Å². The Bertz CT molecular complexity index is 1040. The smallest absolute Gasteiger partial charge is 0.237 e. The van der Waals surface area contributed by atoms with Crippen molar-refractivity contribution in [3.05, 3.63) is 54.1 Å². The molecule has 1 saturated heterocycles. The summed E-state index contributed by atoms with van der Waals surface area (Å²) in [4.78, 5) is 21.1. The van der Waals surface area contributed by atoms with Gasteiger partial charge < -0.3 is 19.6 Å². The molecule has 1 N–H and O–H groups in total. The van der Waals surface area contributed by atoms with Gasteiger partial charge in [-0.25, -0.2) is 0 Å². The second-order valence-corrected chi connectivity index (χ2v) is 11.8. The Balaban J connectivity index is 1.18. The summed E-state index contributed by atoms with van der Waals surface area (Å²) in [5.41, 5.74) is 2.32. The highest BCUT2D eigenvalue weighted by Crippen LogP contribution is 2.58. The second-order valence-electron chi connectivity index (χ2n) is 11.8. The normalized spacial score (nSPS) is 29.4. The Kier molecular flexibility index (Phi) is 6.32. The number of piperazine rings is 1. The summed E-state index contributed by atoms with van der Waals surface area (Å²) < 4.78 is 5.49. The number of benzene rings is 2. The van der Waals surface area contributed by atoms with Gasteiger partial charge in [0.2, 0.25) is 5.91 Å². The summed E-state index contributed by atoms with van der Waals surface area (Å²) in [5, 5.41) is 9.60. The molecule has 1 amide bonds. The van der Waals surface area contributed by atoms with E-state index in [9.17, 15) is 9.90 Å². The summed E-state index contributed by atoms with van der Waals surface area (Å²) in [5.74, 6) is 3.83. The van der Waals surface area contributed by atoms with Gasteiger partial charge in [-0.15, -0.1) is 0 Å². The third-order valence-electron chi connectivity index (χ3n) is 9.30. The lowest BCUT2D eigenvalue weighted by Crippen LogP contribution is -2.62. The zero-order chi connectivity index (χ0) is 24.7. The standard InChI is InChI=1S/C30H39N3O3/c1-36-28-4-2-3-22(16-28)20-33(30-17-23-13-24(18-30)15-25(14-23)19-30)29(35)21-31-9-11-32(12-10-31)26-5-7-27(34)8-6-26/h2-8,16,23-25,34H,9-15,17-21H2,1H3. The van der Waals surface area contributed by atoms with Crippen molar-refractivity contribution in [3.63, 3.8) is 0 Å². The van der Waals surface area contributed by atoms with Crippen LogP contribution in [0.5, 0.6) is 11.5 Å². The molecule has 2 aromatic carbocycles. The molecule has 36 heavy (non-hydrogen) atoms. The fourth-order valence-electron chi connectivity index (χ4n) is 7.97. The van der Waals surface area contributed by atoms with Gasteiger partial charge in [0.1, 0.15) is 11.5 Å². The number of ether oxygens (including phenoxy) is 1.